The average molecular weight is 579 g/mol. The molecule has 218 valence electrons. The first-order valence-electron chi connectivity index (χ1n) is 13.6. The molecule has 1 heterocycles. The van der Waals surface area contributed by atoms with Gasteiger partial charge in [-0.15, -0.1) is 0 Å². The number of carbonyl (C=O) groups is 4. The summed E-state index contributed by atoms with van der Waals surface area (Å²) in [6, 6.07) is 25.3. The molecule has 43 heavy (non-hydrogen) atoms. The highest BCUT2D eigenvalue weighted by Gasteiger charge is 2.61. The number of hydrogen-bond donors (Lipinski definition) is 2. The average Bonchev–Trinajstić information content (AvgIpc) is 3.40. The van der Waals surface area contributed by atoms with E-state index in [1.807, 2.05) is 0 Å². The number of aldehydes is 4. The van der Waals surface area contributed by atoms with E-state index in [-0.39, 0.29) is 0 Å². The molecule has 0 spiro atoms. The Hall–Kier alpha value is -4.60. The minimum Gasteiger partial charge on any atom is -0.378 e. The van der Waals surface area contributed by atoms with Gasteiger partial charge >= 0.3 is 0 Å². The quantitative estimate of drug-likeness (QED) is 0.261. The molecular formula is C35H30O8. The summed E-state index contributed by atoms with van der Waals surface area (Å²) < 4.78 is 12.9. The van der Waals surface area contributed by atoms with Gasteiger partial charge in [0.2, 0.25) is 0 Å². The van der Waals surface area contributed by atoms with Gasteiger partial charge in [0.15, 0.2) is 5.79 Å². The number of ether oxygens (including phenoxy) is 2. The van der Waals surface area contributed by atoms with Crippen LogP contribution in [0.2, 0.25) is 0 Å². The minimum atomic E-state index is -1.97. The predicted molar refractivity (Wildman–Crippen MR) is 157 cm³/mol. The molecule has 1 fully saturated rings. The van der Waals surface area contributed by atoms with Crippen LogP contribution in [0.15, 0.2) is 97.1 Å². The summed E-state index contributed by atoms with van der Waals surface area (Å²) in [7, 11) is 0. The van der Waals surface area contributed by atoms with Crippen molar-refractivity contribution in [3.63, 3.8) is 0 Å². The monoisotopic (exact) mass is 578 g/mol. The SMILES string of the molecule is CC1(C)OC(C(O)(c2ccc(C=O)cc2)c2ccc(C=O)cc2)C(C(O)(c2ccc(C=O)cc2)c2ccc(C=O)cc2)O1. The van der Waals surface area contributed by atoms with Gasteiger partial charge in [0.1, 0.15) is 48.6 Å². The maximum atomic E-state index is 12.8. The first-order chi connectivity index (χ1) is 20.6. The van der Waals surface area contributed by atoms with Crippen LogP contribution < -0.4 is 0 Å². The van der Waals surface area contributed by atoms with Gasteiger partial charge < -0.3 is 19.7 Å². The van der Waals surface area contributed by atoms with Crippen molar-refractivity contribution in [1.29, 1.82) is 0 Å². The molecular weight excluding hydrogens is 548 g/mol. The zero-order valence-electron chi connectivity index (χ0n) is 23.5. The van der Waals surface area contributed by atoms with Gasteiger partial charge in [-0.05, 0) is 36.1 Å². The van der Waals surface area contributed by atoms with Gasteiger partial charge in [-0.3, -0.25) is 19.2 Å². The molecule has 4 aromatic rings. The number of rotatable bonds is 10. The zero-order chi connectivity index (χ0) is 30.8. The summed E-state index contributed by atoms with van der Waals surface area (Å²) in [6.45, 7) is 3.33. The fourth-order valence-corrected chi connectivity index (χ4v) is 5.63. The van der Waals surface area contributed by atoms with Gasteiger partial charge in [-0.25, -0.2) is 0 Å². The maximum Gasteiger partial charge on any atom is 0.164 e. The third kappa shape index (κ3) is 5.37. The van der Waals surface area contributed by atoms with E-state index in [9.17, 15) is 29.4 Å². The summed E-state index contributed by atoms with van der Waals surface area (Å²) in [6.07, 6.45) is 0.212. The van der Waals surface area contributed by atoms with Crippen molar-refractivity contribution >= 4 is 25.1 Å². The summed E-state index contributed by atoms with van der Waals surface area (Å²) in [5.41, 5.74) is -0.968. The summed E-state index contributed by atoms with van der Waals surface area (Å²) in [5.74, 6) is -1.30. The summed E-state index contributed by atoms with van der Waals surface area (Å²) >= 11 is 0. The Morgan fingerprint density at radius 3 is 0.884 bits per heavy atom. The van der Waals surface area contributed by atoms with Crippen LogP contribution in [0.4, 0.5) is 0 Å². The maximum absolute atomic E-state index is 12.8. The van der Waals surface area contributed by atoms with Crippen molar-refractivity contribution in [3.05, 3.63) is 142 Å². The predicted octanol–water partition coefficient (Wildman–Crippen LogP) is 4.63. The van der Waals surface area contributed by atoms with Crippen LogP contribution in [0.3, 0.4) is 0 Å². The van der Waals surface area contributed by atoms with Crippen LogP contribution in [0.25, 0.3) is 0 Å². The first kappa shape index (κ1) is 29.9. The molecule has 1 aliphatic rings. The van der Waals surface area contributed by atoms with E-state index in [1.165, 1.54) is 0 Å². The number of hydrogen-bond acceptors (Lipinski definition) is 8. The van der Waals surface area contributed by atoms with Crippen LogP contribution in [0.1, 0.15) is 77.5 Å². The van der Waals surface area contributed by atoms with Crippen LogP contribution in [-0.4, -0.2) is 53.4 Å². The van der Waals surface area contributed by atoms with E-state index in [0.717, 1.165) is 0 Å². The topological polar surface area (TPSA) is 127 Å². The van der Waals surface area contributed by atoms with E-state index in [2.05, 4.69) is 0 Å². The number of carbonyl (C=O) groups excluding carboxylic acids is 4. The molecule has 0 bridgehead atoms. The molecule has 2 N–H and O–H groups in total. The number of aliphatic hydroxyl groups is 2. The zero-order valence-corrected chi connectivity index (χ0v) is 23.5. The molecule has 8 nitrogen and oxygen atoms in total. The molecule has 4 aromatic carbocycles. The summed E-state index contributed by atoms with van der Waals surface area (Å²) in [5, 5.41) is 25.6. The minimum absolute atomic E-state index is 0.350. The smallest absolute Gasteiger partial charge is 0.164 e. The molecule has 1 aliphatic heterocycles. The normalized spacial score (nSPS) is 18.1. The second kappa shape index (κ2) is 11.6. The highest BCUT2D eigenvalue weighted by molar-refractivity contribution is 5.76. The van der Waals surface area contributed by atoms with Gasteiger partial charge in [0, 0.05) is 22.3 Å². The van der Waals surface area contributed by atoms with Crippen LogP contribution in [-0.2, 0) is 20.7 Å². The second-order valence-electron chi connectivity index (χ2n) is 11.0. The van der Waals surface area contributed by atoms with Gasteiger partial charge in [-0.2, -0.15) is 0 Å². The molecule has 0 radical (unpaired) electrons. The van der Waals surface area contributed by atoms with Gasteiger partial charge in [-0.1, -0.05) is 97.1 Å². The van der Waals surface area contributed by atoms with Crippen molar-refractivity contribution in [3.8, 4) is 0 Å². The largest absolute Gasteiger partial charge is 0.378 e. The Balaban J connectivity index is 1.77. The van der Waals surface area contributed by atoms with E-state index in [0.29, 0.717) is 69.7 Å². The van der Waals surface area contributed by atoms with Crippen molar-refractivity contribution < 1.29 is 38.9 Å². The highest BCUT2D eigenvalue weighted by Crippen LogP contribution is 2.50. The third-order valence-electron chi connectivity index (χ3n) is 7.87. The van der Waals surface area contributed by atoms with E-state index >= 15 is 0 Å². The van der Waals surface area contributed by atoms with E-state index in [4.69, 9.17) is 9.47 Å². The summed E-state index contributed by atoms with van der Waals surface area (Å²) in [4.78, 5) is 45.7. The van der Waals surface area contributed by atoms with Crippen molar-refractivity contribution in [2.45, 2.75) is 43.0 Å². The molecule has 0 amide bonds. The molecule has 0 aliphatic carbocycles. The second-order valence-corrected chi connectivity index (χ2v) is 11.0. The molecule has 8 heteroatoms. The Morgan fingerprint density at radius 1 is 0.488 bits per heavy atom. The lowest BCUT2D eigenvalue weighted by molar-refractivity contribution is -0.172. The standard InChI is InChI=1S/C35H30O8/c1-33(2)42-31(34(40,27-11-3-23(19-36)4-12-27)28-13-5-24(20-37)6-14-28)32(43-33)35(41,29-15-7-25(21-38)8-16-29)30-17-9-26(22-39)10-18-30/h3-22,31-32,40-41H,1-2H3. The van der Waals surface area contributed by atoms with Crippen LogP contribution in [0.5, 0.6) is 0 Å². The van der Waals surface area contributed by atoms with E-state index < -0.39 is 29.2 Å². The molecule has 2 atom stereocenters. The molecule has 1 saturated heterocycles. The Labute approximate surface area is 248 Å². The van der Waals surface area contributed by atoms with Crippen LogP contribution in [0, 0.1) is 0 Å². The highest BCUT2D eigenvalue weighted by atomic mass is 16.8. The van der Waals surface area contributed by atoms with Crippen molar-refractivity contribution in [1.82, 2.24) is 0 Å². The van der Waals surface area contributed by atoms with Gasteiger partial charge in [0.05, 0.1) is 0 Å². The first-order valence-corrected chi connectivity index (χ1v) is 13.6. The molecule has 0 saturated carbocycles. The lowest BCUT2D eigenvalue weighted by Crippen LogP contribution is -2.55. The van der Waals surface area contributed by atoms with Crippen LogP contribution >= 0.6 is 0 Å². The van der Waals surface area contributed by atoms with Crippen molar-refractivity contribution in [2.24, 2.45) is 0 Å². The van der Waals surface area contributed by atoms with Crippen molar-refractivity contribution in [2.75, 3.05) is 0 Å². The third-order valence-corrected chi connectivity index (χ3v) is 7.87. The lowest BCUT2D eigenvalue weighted by Gasteiger charge is -2.42. The molecule has 0 aromatic heterocycles. The van der Waals surface area contributed by atoms with Gasteiger partial charge in [0.25, 0.3) is 0 Å². The fraction of sp³-hybridized carbons (Fsp3) is 0.200. The number of benzene rings is 4. The Bertz CT molecular complexity index is 1400. The Morgan fingerprint density at radius 2 is 0.698 bits per heavy atom. The fourth-order valence-electron chi connectivity index (χ4n) is 5.63. The molecule has 2 unspecified atom stereocenters. The van der Waals surface area contributed by atoms with E-state index in [1.54, 1.807) is 111 Å². The lowest BCUT2D eigenvalue weighted by atomic mass is 9.71. The molecule has 5 rings (SSSR count). The Kier molecular flexibility index (Phi) is 8.05.